The Morgan fingerprint density at radius 1 is 1.03 bits per heavy atom. The summed E-state index contributed by atoms with van der Waals surface area (Å²) in [4.78, 5) is 27.7. The number of rotatable bonds is 4. The molecule has 2 heterocycles. The van der Waals surface area contributed by atoms with Crippen molar-refractivity contribution in [1.29, 1.82) is 0 Å². The van der Waals surface area contributed by atoms with Gasteiger partial charge < -0.3 is 9.80 Å². The Morgan fingerprint density at radius 3 is 2.41 bits per heavy atom. The Hall–Kier alpha value is -3.75. The fourth-order valence-electron chi connectivity index (χ4n) is 3.53. The number of piperazine rings is 1. The van der Waals surface area contributed by atoms with Crippen LogP contribution in [0, 0.1) is 17.0 Å². The largest absolute Gasteiger partial charge is 0.362 e. The van der Waals surface area contributed by atoms with Gasteiger partial charge in [-0.25, -0.2) is 0 Å². The van der Waals surface area contributed by atoms with Gasteiger partial charge in [-0.2, -0.15) is 0 Å². The average molecular weight is 392 g/mol. The van der Waals surface area contributed by atoms with Crippen LogP contribution in [-0.4, -0.2) is 56.7 Å². The van der Waals surface area contributed by atoms with E-state index in [1.165, 1.54) is 18.7 Å². The number of aromatic nitrogens is 3. The molecule has 9 heteroatoms. The van der Waals surface area contributed by atoms with Crippen LogP contribution in [0.1, 0.15) is 15.9 Å². The van der Waals surface area contributed by atoms with Gasteiger partial charge in [-0.1, -0.05) is 17.7 Å². The first-order chi connectivity index (χ1) is 14.0. The van der Waals surface area contributed by atoms with Crippen molar-refractivity contribution in [1.82, 2.24) is 19.7 Å². The third-order valence-corrected chi connectivity index (χ3v) is 5.05. The highest BCUT2D eigenvalue weighted by Crippen LogP contribution is 2.31. The van der Waals surface area contributed by atoms with Gasteiger partial charge in [0.05, 0.1) is 10.6 Å². The molecule has 0 unspecified atom stereocenters. The van der Waals surface area contributed by atoms with Crippen LogP contribution in [-0.2, 0) is 0 Å². The van der Waals surface area contributed by atoms with Crippen LogP contribution in [0.25, 0.3) is 5.69 Å². The molecule has 1 saturated heterocycles. The van der Waals surface area contributed by atoms with E-state index in [1.807, 2.05) is 36.1 Å². The number of hydrogen-bond acceptors (Lipinski definition) is 6. The Balaban J connectivity index is 1.51. The summed E-state index contributed by atoms with van der Waals surface area (Å²) in [6.45, 7) is 4.04. The van der Waals surface area contributed by atoms with Crippen molar-refractivity contribution >= 4 is 17.3 Å². The van der Waals surface area contributed by atoms with Gasteiger partial charge >= 0.3 is 0 Å². The monoisotopic (exact) mass is 392 g/mol. The first-order valence-corrected chi connectivity index (χ1v) is 9.27. The summed E-state index contributed by atoms with van der Waals surface area (Å²) >= 11 is 0. The van der Waals surface area contributed by atoms with E-state index in [-0.39, 0.29) is 16.5 Å². The Kier molecular flexibility index (Phi) is 4.94. The minimum Gasteiger partial charge on any atom is -0.362 e. The quantitative estimate of drug-likeness (QED) is 0.500. The summed E-state index contributed by atoms with van der Waals surface area (Å²) in [6.07, 6.45) is 2.99. The van der Waals surface area contributed by atoms with Crippen LogP contribution in [0.4, 0.5) is 11.4 Å². The maximum absolute atomic E-state index is 12.7. The number of carbonyl (C=O) groups is 1. The fourth-order valence-corrected chi connectivity index (χ4v) is 3.53. The topological polar surface area (TPSA) is 97.4 Å². The normalized spacial score (nSPS) is 14.1. The number of nitro benzene ring substituents is 1. The maximum Gasteiger partial charge on any atom is 0.294 e. The zero-order valence-electron chi connectivity index (χ0n) is 15.9. The highest BCUT2D eigenvalue weighted by Gasteiger charge is 2.26. The van der Waals surface area contributed by atoms with Crippen molar-refractivity contribution in [3.8, 4) is 5.69 Å². The standard InChI is InChI=1S/C20H20N6O3/c1-15-3-2-4-16(11-15)20(27)24-9-7-23(8-10-24)18-6-5-17(12-19(18)26(28)29)25-13-21-22-14-25/h2-6,11-14H,7-10H2,1H3. The highest BCUT2D eigenvalue weighted by molar-refractivity contribution is 5.94. The molecule has 3 aromatic rings. The number of hydrogen-bond donors (Lipinski definition) is 0. The molecule has 1 aromatic heterocycles. The molecule has 1 fully saturated rings. The van der Waals surface area contributed by atoms with E-state index in [0.717, 1.165) is 5.56 Å². The highest BCUT2D eigenvalue weighted by atomic mass is 16.6. The lowest BCUT2D eigenvalue weighted by atomic mass is 10.1. The summed E-state index contributed by atoms with van der Waals surface area (Å²) < 4.78 is 1.62. The molecule has 1 aliphatic rings. The number of aryl methyl sites for hydroxylation is 1. The van der Waals surface area contributed by atoms with E-state index < -0.39 is 0 Å². The van der Waals surface area contributed by atoms with Gasteiger partial charge in [-0.15, -0.1) is 10.2 Å². The predicted molar refractivity (Wildman–Crippen MR) is 107 cm³/mol. The third kappa shape index (κ3) is 3.79. The number of nitro groups is 1. The Labute approximate surface area is 167 Å². The lowest BCUT2D eigenvalue weighted by Crippen LogP contribution is -2.49. The lowest BCUT2D eigenvalue weighted by molar-refractivity contribution is -0.384. The molecular formula is C20H20N6O3. The summed E-state index contributed by atoms with van der Waals surface area (Å²) in [5, 5.41) is 19.1. The van der Waals surface area contributed by atoms with Gasteiger partial charge in [-0.3, -0.25) is 19.5 Å². The summed E-state index contributed by atoms with van der Waals surface area (Å²) in [7, 11) is 0. The van der Waals surface area contributed by atoms with Crippen molar-refractivity contribution in [3.05, 3.63) is 76.4 Å². The summed E-state index contributed by atoms with van der Waals surface area (Å²) in [5.41, 5.74) is 2.91. The molecular weight excluding hydrogens is 372 g/mol. The second kappa shape index (κ2) is 7.70. The summed E-state index contributed by atoms with van der Waals surface area (Å²) in [5.74, 6) is -0.00851. The first-order valence-electron chi connectivity index (χ1n) is 9.27. The van der Waals surface area contributed by atoms with E-state index >= 15 is 0 Å². The second-order valence-electron chi connectivity index (χ2n) is 6.95. The lowest BCUT2D eigenvalue weighted by Gasteiger charge is -2.36. The SMILES string of the molecule is Cc1cccc(C(=O)N2CCN(c3ccc(-n4cnnc4)cc3[N+](=O)[O-])CC2)c1. The van der Waals surface area contributed by atoms with Gasteiger partial charge in [0.2, 0.25) is 0 Å². The van der Waals surface area contributed by atoms with Crippen molar-refractivity contribution in [2.24, 2.45) is 0 Å². The van der Waals surface area contributed by atoms with Gasteiger partial charge in [0.25, 0.3) is 11.6 Å². The molecule has 0 N–H and O–H groups in total. The molecule has 1 amide bonds. The number of carbonyl (C=O) groups excluding carboxylic acids is 1. The number of benzene rings is 2. The molecule has 4 rings (SSSR count). The molecule has 0 saturated carbocycles. The van der Waals surface area contributed by atoms with E-state index in [4.69, 9.17) is 0 Å². The zero-order valence-corrected chi connectivity index (χ0v) is 15.9. The van der Waals surface area contributed by atoms with Crippen molar-refractivity contribution in [2.45, 2.75) is 6.92 Å². The Bertz CT molecular complexity index is 1040. The molecule has 1 aliphatic heterocycles. The smallest absolute Gasteiger partial charge is 0.294 e. The van der Waals surface area contributed by atoms with Gasteiger partial charge in [0.15, 0.2) is 0 Å². The Morgan fingerprint density at radius 2 is 1.76 bits per heavy atom. The number of amides is 1. The zero-order chi connectivity index (χ0) is 20.4. The third-order valence-electron chi connectivity index (χ3n) is 5.05. The van der Waals surface area contributed by atoms with Gasteiger partial charge in [0.1, 0.15) is 18.3 Å². The molecule has 148 valence electrons. The first kappa shape index (κ1) is 18.6. The van der Waals surface area contributed by atoms with Crippen LogP contribution < -0.4 is 4.90 Å². The summed E-state index contributed by atoms with van der Waals surface area (Å²) in [6, 6.07) is 12.6. The van der Waals surface area contributed by atoms with E-state index in [1.54, 1.807) is 21.6 Å². The van der Waals surface area contributed by atoms with Crippen molar-refractivity contribution in [3.63, 3.8) is 0 Å². The molecule has 0 bridgehead atoms. The van der Waals surface area contributed by atoms with Gasteiger partial charge in [0, 0.05) is 37.8 Å². The molecule has 0 aliphatic carbocycles. The van der Waals surface area contributed by atoms with E-state index in [0.29, 0.717) is 43.1 Å². The minimum atomic E-state index is -0.381. The molecule has 0 spiro atoms. The van der Waals surface area contributed by atoms with E-state index in [2.05, 4.69) is 10.2 Å². The number of anilines is 1. The van der Waals surface area contributed by atoms with Crippen LogP contribution in [0.3, 0.4) is 0 Å². The predicted octanol–water partition coefficient (Wildman–Crippen LogP) is 2.45. The average Bonchev–Trinajstić information content (AvgIpc) is 3.28. The van der Waals surface area contributed by atoms with Crippen molar-refractivity contribution in [2.75, 3.05) is 31.1 Å². The minimum absolute atomic E-state index is 0.00851. The van der Waals surface area contributed by atoms with Crippen LogP contribution in [0.2, 0.25) is 0 Å². The van der Waals surface area contributed by atoms with Gasteiger partial charge in [-0.05, 0) is 31.2 Å². The van der Waals surface area contributed by atoms with Crippen LogP contribution >= 0.6 is 0 Å². The van der Waals surface area contributed by atoms with Crippen LogP contribution in [0.5, 0.6) is 0 Å². The van der Waals surface area contributed by atoms with E-state index in [9.17, 15) is 14.9 Å². The second-order valence-corrected chi connectivity index (χ2v) is 6.95. The molecule has 29 heavy (non-hydrogen) atoms. The molecule has 2 aromatic carbocycles. The van der Waals surface area contributed by atoms with Crippen molar-refractivity contribution < 1.29 is 9.72 Å². The van der Waals surface area contributed by atoms with Crippen LogP contribution in [0.15, 0.2) is 55.1 Å². The molecule has 0 radical (unpaired) electrons. The molecule has 0 atom stereocenters. The maximum atomic E-state index is 12.7. The molecule has 9 nitrogen and oxygen atoms in total. The number of nitrogens with zero attached hydrogens (tertiary/aromatic N) is 6. The fraction of sp³-hybridized carbons (Fsp3) is 0.250.